The molecule has 106 valence electrons. The third kappa shape index (κ3) is 5.06. The fraction of sp³-hybridized carbons (Fsp3) is 0.474. The molecule has 0 unspecified atom stereocenters. The van der Waals surface area contributed by atoms with Crippen LogP contribution in [-0.4, -0.2) is 0 Å². The lowest BCUT2D eigenvalue weighted by Crippen LogP contribution is -1.99. The zero-order valence-corrected chi connectivity index (χ0v) is 14.0. The second-order valence-corrected chi connectivity index (χ2v) is 5.05. The minimum Gasteiger partial charge on any atom is -0.0745 e. The lowest BCUT2D eigenvalue weighted by atomic mass is 9.93. The summed E-state index contributed by atoms with van der Waals surface area (Å²) in [5.41, 5.74) is 5.57. The molecule has 0 heterocycles. The van der Waals surface area contributed by atoms with E-state index in [-0.39, 0.29) is 5.41 Å². The molecule has 0 saturated heterocycles. The van der Waals surface area contributed by atoms with Gasteiger partial charge in [0.15, 0.2) is 0 Å². The van der Waals surface area contributed by atoms with E-state index in [2.05, 4.69) is 64.1 Å². The monoisotopic (exact) mass is 258 g/mol. The van der Waals surface area contributed by atoms with Crippen molar-refractivity contribution < 1.29 is 0 Å². The molecule has 0 saturated carbocycles. The van der Waals surface area contributed by atoms with E-state index in [0.29, 0.717) is 0 Å². The summed E-state index contributed by atoms with van der Waals surface area (Å²) in [6, 6.07) is 4.54. The van der Waals surface area contributed by atoms with Crippen LogP contribution in [0, 0.1) is 19.3 Å². The van der Waals surface area contributed by atoms with Crippen molar-refractivity contribution in [3.05, 3.63) is 46.5 Å². The quantitative estimate of drug-likeness (QED) is 0.503. The molecule has 1 aromatic rings. The topological polar surface area (TPSA) is 0 Å². The van der Waals surface area contributed by atoms with Crippen molar-refractivity contribution in [2.24, 2.45) is 5.41 Å². The van der Waals surface area contributed by atoms with Gasteiger partial charge in [0, 0.05) is 5.41 Å². The molecule has 0 aromatic heterocycles. The van der Waals surface area contributed by atoms with E-state index in [0.717, 1.165) is 0 Å². The lowest BCUT2D eigenvalue weighted by Gasteiger charge is -2.12. The van der Waals surface area contributed by atoms with E-state index in [4.69, 9.17) is 0 Å². The first-order chi connectivity index (χ1) is 8.98. The summed E-state index contributed by atoms with van der Waals surface area (Å²) in [6.07, 6.45) is 9.01. The molecule has 0 N–H and O–H groups in total. The fourth-order valence-corrected chi connectivity index (χ4v) is 1.81. The third-order valence-electron chi connectivity index (χ3n) is 3.08. The van der Waals surface area contributed by atoms with Gasteiger partial charge in [0.2, 0.25) is 0 Å². The first-order valence-corrected chi connectivity index (χ1v) is 7.48. The number of rotatable bonds is 0. The molecule has 0 aliphatic heterocycles. The zero-order valence-electron chi connectivity index (χ0n) is 14.0. The van der Waals surface area contributed by atoms with E-state index in [1.165, 1.54) is 22.3 Å². The first-order valence-electron chi connectivity index (χ1n) is 7.48. The second kappa shape index (κ2) is 7.99. The lowest BCUT2D eigenvalue weighted by molar-refractivity contribution is 0.633. The molecule has 2 rings (SSSR count). The van der Waals surface area contributed by atoms with Crippen LogP contribution in [0.3, 0.4) is 0 Å². The Morgan fingerprint density at radius 3 is 1.32 bits per heavy atom. The van der Waals surface area contributed by atoms with Crippen LogP contribution < -0.4 is 0 Å². The van der Waals surface area contributed by atoms with Gasteiger partial charge in [-0.05, 0) is 36.1 Å². The number of benzene rings is 1. The van der Waals surface area contributed by atoms with Crippen molar-refractivity contribution in [3.63, 3.8) is 0 Å². The Morgan fingerprint density at radius 2 is 1.00 bits per heavy atom. The van der Waals surface area contributed by atoms with Gasteiger partial charge in [-0.25, -0.2) is 0 Å². The highest BCUT2D eigenvalue weighted by atomic mass is 14.2. The summed E-state index contributed by atoms with van der Waals surface area (Å²) < 4.78 is 0. The van der Waals surface area contributed by atoms with E-state index >= 15 is 0 Å². The van der Waals surface area contributed by atoms with Crippen LogP contribution in [0.25, 0.3) is 12.2 Å². The van der Waals surface area contributed by atoms with Crippen LogP contribution in [-0.2, 0) is 0 Å². The normalized spacial score (nSPS) is 14.3. The van der Waals surface area contributed by atoms with Gasteiger partial charge in [-0.2, -0.15) is 0 Å². The van der Waals surface area contributed by atoms with Crippen molar-refractivity contribution in [2.75, 3.05) is 0 Å². The van der Waals surface area contributed by atoms with Gasteiger partial charge in [0.05, 0.1) is 0 Å². The second-order valence-electron chi connectivity index (χ2n) is 5.05. The summed E-state index contributed by atoms with van der Waals surface area (Å²) in [5.74, 6) is 0. The van der Waals surface area contributed by atoms with Crippen molar-refractivity contribution >= 4 is 12.2 Å². The Bertz CT molecular complexity index is 404. The highest BCUT2D eigenvalue weighted by Gasteiger charge is 2.12. The smallest absolute Gasteiger partial charge is 0.00111 e. The molecule has 1 aromatic carbocycles. The maximum Gasteiger partial charge on any atom is 0.00111 e. The first kappa shape index (κ1) is 17.7. The maximum atomic E-state index is 2.27. The third-order valence-corrected chi connectivity index (χ3v) is 3.08. The minimum absolute atomic E-state index is 0.167. The Kier molecular flexibility index (Phi) is 7.44. The molecule has 0 bridgehead atoms. The van der Waals surface area contributed by atoms with Crippen molar-refractivity contribution in [3.8, 4) is 0 Å². The largest absolute Gasteiger partial charge is 0.0745 e. The highest BCUT2D eigenvalue weighted by Crippen LogP contribution is 2.28. The minimum atomic E-state index is 0.167. The van der Waals surface area contributed by atoms with E-state index < -0.39 is 0 Å². The van der Waals surface area contributed by atoms with Gasteiger partial charge in [-0.15, -0.1) is 0 Å². The molecule has 19 heavy (non-hydrogen) atoms. The van der Waals surface area contributed by atoms with Crippen LogP contribution in [0.15, 0.2) is 24.3 Å². The standard InChI is InChI=1S/C15H18.2C2H6/c1-11-9-13-5-7-15(3,4)8-6-14(13)10-12(11)2;2*1-2/h5-10H,1-4H3;2*1-2H3. The molecule has 0 atom stereocenters. The Labute approximate surface area is 120 Å². The molecule has 0 amide bonds. The summed E-state index contributed by atoms with van der Waals surface area (Å²) in [4.78, 5) is 0. The average Bonchev–Trinajstić information content (AvgIpc) is 2.56. The Hall–Kier alpha value is -1.30. The molecule has 0 nitrogen and oxygen atoms in total. The Balaban J connectivity index is 0.000000741. The van der Waals surface area contributed by atoms with Crippen LogP contribution in [0.2, 0.25) is 0 Å². The Morgan fingerprint density at radius 1 is 0.684 bits per heavy atom. The predicted molar refractivity (Wildman–Crippen MR) is 90.5 cm³/mol. The van der Waals surface area contributed by atoms with E-state index in [9.17, 15) is 0 Å². The average molecular weight is 258 g/mol. The number of hydrogen-bond donors (Lipinski definition) is 0. The van der Waals surface area contributed by atoms with E-state index in [1.54, 1.807) is 0 Å². The maximum absolute atomic E-state index is 2.27. The van der Waals surface area contributed by atoms with Crippen molar-refractivity contribution in [2.45, 2.75) is 55.4 Å². The number of fused-ring (bicyclic) bond motifs is 1. The van der Waals surface area contributed by atoms with Crippen LogP contribution in [0.1, 0.15) is 63.8 Å². The van der Waals surface area contributed by atoms with Gasteiger partial charge >= 0.3 is 0 Å². The highest BCUT2D eigenvalue weighted by molar-refractivity contribution is 5.70. The van der Waals surface area contributed by atoms with Gasteiger partial charge in [-0.3, -0.25) is 0 Å². The predicted octanol–water partition coefficient (Wildman–Crippen LogP) is 6.42. The van der Waals surface area contributed by atoms with Gasteiger partial charge < -0.3 is 0 Å². The molecule has 0 heteroatoms. The number of aryl methyl sites for hydroxylation is 2. The van der Waals surface area contributed by atoms with Crippen LogP contribution in [0.4, 0.5) is 0 Å². The van der Waals surface area contributed by atoms with Gasteiger partial charge in [-0.1, -0.05) is 78.0 Å². The summed E-state index contributed by atoms with van der Waals surface area (Å²) in [6.45, 7) is 16.8. The fourth-order valence-electron chi connectivity index (χ4n) is 1.81. The summed E-state index contributed by atoms with van der Waals surface area (Å²) in [7, 11) is 0. The van der Waals surface area contributed by atoms with Gasteiger partial charge in [0.1, 0.15) is 0 Å². The molecule has 0 fully saturated rings. The molecule has 0 spiro atoms. The summed E-state index contributed by atoms with van der Waals surface area (Å²) >= 11 is 0. The van der Waals surface area contributed by atoms with Crippen molar-refractivity contribution in [1.82, 2.24) is 0 Å². The summed E-state index contributed by atoms with van der Waals surface area (Å²) in [5, 5.41) is 0. The van der Waals surface area contributed by atoms with E-state index in [1.807, 2.05) is 27.7 Å². The van der Waals surface area contributed by atoms with Crippen molar-refractivity contribution in [1.29, 1.82) is 0 Å². The molecular weight excluding hydrogens is 228 g/mol. The molecule has 0 radical (unpaired) electrons. The zero-order chi connectivity index (χ0) is 15.1. The molecule has 1 aliphatic carbocycles. The molecule has 1 aliphatic rings. The number of hydrogen-bond acceptors (Lipinski definition) is 0. The SMILES string of the molecule is CC.CC.Cc1cc2c(cc1C)C=CC(C)(C)C=C2. The van der Waals surface area contributed by atoms with Crippen LogP contribution in [0.5, 0.6) is 0 Å². The van der Waals surface area contributed by atoms with Gasteiger partial charge in [0.25, 0.3) is 0 Å². The van der Waals surface area contributed by atoms with Crippen LogP contribution >= 0.6 is 0 Å². The molecular formula is C19H30. The number of allylic oxidation sites excluding steroid dienone is 2.